The number of nitrogens with zero attached hydrogens (tertiary/aromatic N) is 2. The van der Waals surface area contributed by atoms with E-state index < -0.39 is 0 Å². The molecule has 0 spiro atoms. The first-order valence-corrected chi connectivity index (χ1v) is 6.55. The zero-order valence-corrected chi connectivity index (χ0v) is 12.2. The van der Waals surface area contributed by atoms with E-state index in [1.165, 1.54) is 62.8 Å². The van der Waals surface area contributed by atoms with Crippen molar-refractivity contribution < 1.29 is 19.9 Å². The Hall–Kier alpha value is -0.160. The third kappa shape index (κ3) is 8.55. The molecule has 1 heterocycles. The summed E-state index contributed by atoms with van der Waals surface area (Å²) >= 11 is 0. The average Bonchev–Trinajstić information content (AvgIpc) is 2.50. The van der Waals surface area contributed by atoms with Crippen molar-refractivity contribution >= 4 is 0 Å². The average molecular weight is 248 g/mol. The van der Waals surface area contributed by atoms with Crippen LogP contribution in [0.15, 0.2) is 0 Å². The van der Waals surface area contributed by atoms with Gasteiger partial charge in [0.25, 0.3) is 0 Å². The van der Waals surface area contributed by atoms with Crippen LogP contribution in [-0.2, 0) is 0 Å². The lowest BCUT2D eigenvalue weighted by atomic mass is 10.2. The zero-order valence-electron chi connectivity index (χ0n) is 12.2. The molecule has 0 unspecified atom stereocenters. The first-order chi connectivity index (χ1) is 6.91. The molecule has 4 heteroatoms. The van der Waals surface area contributed by atoms with Gasteiger partial charge >= 0.3 is 0 Å². The first-order valence-electron chi connectivity index (χ1n) is 6.55. The predicted molar refractivity (Wildman–Crippen MR) is 70.6 cm³/mol. The van der Waals surface area contributed by atoms with Crippen LogP contribution < -0.4 is 0 Å². The Morgan fingerprint density at radius 2 is 1.41 bits per heavy atom. The van der Waals surface area contributed by atoms with Crippen molar-refractivity contribution in [2.45, 2.75) is 32.1 Å². The molecule has 0 aromatic rings. The van der Waals surface area contributed by atoms with Crippen LogP contribution in [-0.4, -0.2) is 74.3 Å². The van der Waals surface area contributed by atoms with Gasteiger partial charge < -0.3 is 19.9 Å². The van der Waals surface area contributed by atoms with Crippen molar-refractivity contribution in [2.24, 2.45) is 0 Å². The summed E-state index contributed by atoms with van der Waals surface area (Å²) in [6, 6.07) is 0. The molecule has 0 radical (unpaired) electrons. The van der Waals surface area contributed by atoms with Crippen LogP contribution in [0.25, 0.3) is 0 Å². The van der Waals surface area contributed by atoms with E-state index >= 15 is 0 Å². The smallest absolute Gasteiger partial charge is 0.0786 e. The summed E-state index contributed by atoms with van der Waals surface area (Å²) in [5.41, 5.74) is 0. The fourth-order valence-corrected chi connectivity index (χ4v) is 2.58. The highest BCUT2D eigenvalue weighted by Crippen LogP contribution is 2.17. The van der Waals surface area contributed by atoms with Crippen LogP contribution in [0, 0.1) is 0 Å². The second-order valence-corrected chi connectivity index (χ2v) is 6.57. The molecule has 17 heavy (non-hydrogen) atoms. The van der Waals surface area contributed by atoms with Gasteiger partial charge in [-0.05, 0) is 19.3 Å². The normalized spacial score (nSPS) is 18.4. The number of hydrogen-bond donors (Lipinski definition) is 0. The lowest BCUT2D eigenvalue weighted by Gasteiger charge is -2.29. The highest BCUT2D eigenvalue weighted by Gasteiger charge is 2.25. The molecule has 0 aromatic heterocycles. The summed E-state index contributed by atoms with van der Waals surface area (Å²) in [6.45, 7) is 5.59. The van der Waals surface area contributed by atoms with E-state index in [-0.39, 0.29) is 11.0 Å². The molecular weight excluding hydrogens is 216 g/mol. The third-order valence-corrected chi connectivity index (χ3v) is 3.67. The van der Waals surface area contributed by atoms with Gasteiger partial charge in [-0.1, -0.05) is 0 Å². The first kappa shape index (κ1) is 19.2. The van der Waals surface area contributed by atoms with Crippen molar-refractivity contribution in [2.75, 3.05) is 54.4 Å². The van der Waals surface area contributed by atoms with Gasteiger partial charge in [-0.15, -0.1) is 0 Å². The molecule has 0 aromatic carbocycles. The molecule has 2 N–H and O–H groups in total. The molecule has 1 rings (SSSR count). The maximum absolute atomic E-state index is 2.44. The highest BCUT2D eigenvalue weighted by molar-refractivity contribution is 4.52. The van der Waals surface area contributed by atoms with Gasteiger partial charge in [-0.25, -0.2) is 0 Å². The van der Waals surface area contributed by atoms with Crippen molar-refractivity contribution in [1.29, 1.82) is 0 Å². The molecule has 1 aliphatic rings. The van der Waals surface area contributed by atoms with Crippen LogP contribution in [0.5, 0.6) is 0 Å². The van der Waals surface area contributed by atoms with E-state index in [2.05, 4.69) is 28.2 Å². The second-order valence-electron chi connectivity index (χ2n) is 6.57. The number of hydrogen-bond acceptors (Lipinski definition) is 2. The number of likely N-dealkylation sites (tertiary alicyclic amines) is 1. The molecule has 0 saturated carbocycles. The summed E-state index contributed by atoms with van der Waals surface area (Å²) in [5.74, 6) is 0. The summed E-state index contributed by atoms with van der Waals surface area (Å²) in [4.78, 5) is 0. The predicted octanol–water partition coefficient (Wildman–Crippen LogP) is 1.75. The van der Waals surface area contributed by atoms with Crippen molar-refractivity contribution in [3.63, 3.8) is 0 Å². The van der Waals surface area contributed by atoms with Gasteiger partial charge in [0.1, 0.15) is 0 Å². The van der Waals surface area contributed by atoms with Gasteiger partial charge in [-0.3, -0.25) is 0 Å². The molecule has 0 aliphatic carbocycles. The van der Waals surface area contributed by atoms with E-state index in [9.17, 15) is 0 Å². The minimum absolute atomic E-state index is 0. The van der Waals surface area contributed by atoms with Gasteiger partial charge in [0.2, 0.25) is 0 Å². The van der Waals surface area contributed by atoms with Crippen LogP contribution in [0.4, 0.5) is 0 Å². The van der Waals surface area contributed by atoms with Crippen LogP contribution in [0.2, 0.25) is 0 Å². The van der Waals surface area contributed by atoms with Crippen LogP contribution in [0.3, 0.4) is 0 Å². The molecule has 0 amide bonds. The molecule has 1 fully saturated rings. The Morgan fingerprint density at radius 3 is 1.88 bits per heavy atom. The molecule has 1 aliphatic heterocycles. The number of unbranched alkanes of at least 4 members (excludes halogenated alkanes) is 2. The topological polar surface area (TPSA) is 60.0 Å². The maximum Gasteiger partial charge on any atom is 0.0786 e. The van der Waals surface area contributed by atoms with Crippen molar-refractivity contribution in [3.05, 3.63) is 0 Å². The quantitative estimate of drug-likeness (QED) is 0.531. The lowest BCUT2D eigenvalue weighted by Crippen LogP contribution is -2.41. The van der Waals surface area contributed by atoms with Gasteiger partial charge in [0.05, 0.1) is 54.4 Å². The van der Waals surface area contributed by atoms with E-state index in [4.69, 9.17) is 0 Å². The maximum atomic E-state index is 2.44. The summed E-state index contributed by atoms with van der Waals surface area (Å²) in [6.07, 6.45) is 7.15. The minimum Gasteiger partial charge on any atom is -0.870 e. The van der Waals surface area contributed by atoms with E-state index in [1.807, 2.05) is 0 Å². The Balaban J connectivity index is 0. The largest absolute Gasteiger partial charge is 0.870 e. The lowest BCUT2D eigenvalue weighted by molar-refractivity contribution is -0.898. The van der Waals surface area contributed by atoms with Gasteiger partial charge in [0.15, 0.2) is 0 Å². The monoisotopic (exact) mass is 248 g/mol. The Bertz CT molecular complexity index is 184. The Morgan fingerprint density at radius 1 is 0.882 bits per heavy atom. The van der Waals surface area contributed by atoms with Gasteiger partial charge in [-0.2, -0.15) is 0 Å². The second kappa shape index (κ2) is 8.03. The zero-order chi connectivity index (χ0) is 11.4. The van der Waals surface area contributed by atoms with Crippen LogP contribution in [0.1, 0.15) is 32.1 Å². The molecule has 0 bridgehead atoms. The standard InChI is InChI=1S/C13H30N2.2H2O/c1-14(2,3)10-6-5-7-11-15(4)12-8-9-13-15;;/h5-13H2,1-4H3;2*1H2/q+2;;/p-2. The molecule has 0 atom stereocenters. The summed E-state index contributed by atoms with van der Waals surface area (Å²) in [7, 11) is 9.30. The fraction of sp³-hybridized carbons (Fsp3) is 1.00. The molecular formula is C13H32N2O2. The molecule has 1 saturated heterocycles. The summed E-state index contributed by atoms with van der Waals surface area (Å²) < 4.78 is 2.47. The van der Waals surface area contributed by atoms with Crippen LogP contribution >= 0.6 is 0 Å². The fourth-order valence-electron chi connectivity index (χ4n) is 2.58. The van der Waals surface area contributed by atoms with E-state index in [1.54, 1.807) is 0 Å². The highest BCUT2D eigenvalue weighted by atomic mass is 16.0. The minimum atomic E-state index is 0. The van der Waals surface area contributed by atoms with Gasteiger partial charge in [0, 0.05) is 12.8 Å². The summed E-state index contributed by atoms with van der Waals surface area (Å²) in [5, 5.41) is 0. The SMILES string of the molecule is C[N+](C)(C)CCCCC[N+]1(C)CCCC1.[OH-].[OH-]. The van der Waals surface area contributed by atoms with E-state index in [0.717, 1.165) is 4.48 Å². The number of quaternary nitrogens is 2. The van der Waals surface area contributed by atoms with Crippen molar-refractivity contribution in [1.82, 2.24) is 0 Å². The Labute approximate surface area is 107 Å². The Kier molecular flexibility index (Phi) is 9.06. The van der Waals surface area contributed by atoms with Crippen molar-refractivity contribution in [3.8, 4) is 0 Å². The molecule has 106 valence electrons. The van der Waals surface area contributed by atoms with E-state index in [0.29, 0.717) is 0 Å². The number of rotatable bonds is 6. The third-order valence-electron chi connectivity index (χ3n) is 3.67. The molecule has 4 nitrogen and oxygen atoms in total.